The molecule has 0 amide bonds. The number of aliphatic hydroxyl groups excluding tert-OH is 1. The lowest BCUT2D eigenvalue weighted by Gasteiger charge is -2.59. The zero-order valence-electron chi connectivity index (χ0n) is 40.5. The Bertz CT molecular complexity index is 1970. The molecule has 18 unspecified atom stereocenters. The minimum absolute atomic E-state index is 0.0173. The Morgan fingerprint density at radius 3 is 2.50 bits per heavy atom. The van der Waals surface area contributed by atoms with Gasteiger partial charge in [0.2, 0.25) is 0 Å². The molecular formula is C55H80O9. The quantitative estimate of drug-likeness (QED) is 0.0834. The van der Waals surface area contributed by atoms with E-state index in [1.807, 2.05) is 6.08 Å². The predicted molar refractivity (Wildman–Crippen MR) is 244 cm³/mol. The summed E-state index contributed by atoms with van der Waals surface area (Å²) in [6, 6.07) is 0. The highest BCUT2D eigenvalue weighted by atomic mass is 16.7. The van der Waals surface area contributed by atoms with Gasteiger partial charge in [-0.15, -0.1) is 0 Å². The van der Waals surface area contributed by atoms with Gasteiger partial charge in [0.25, 0.3) is 0 Å². The largest absolute Gasteiger partial charge is 0.462 e. The standard InChI is InChI=1S/C55H80O9/c1-9-10-48-62-46-29-42-38-15-13-33-27-35(56)19-23-52(33,6)49(38)43(57)30-54(42,8)55(46,64-48)44(58)31-60-26-22-47(59)61-36-20-24-51(5)34(28-36)12-14-37-40-17-16-39(53(40,7)25-21-41(37)51)32(2)11-18-45-50(3,4)63-45/h12,19,23,27,32,36-43,45-46,48-49,57H,9-11,13-18,20-22,24-26,28-31H2,1-8H3. The van der Waals surface area contributed by atoms with Gasteiger partial charge in [-0.3, -0.25) is 14.4 Å². The van der Waals surface area contributed by atoms with Gasteiger partial charge in [0.05, 0.1) is 36.9 Å². The number of esters is 1. The first kappa shape index (κ1) is 45.6. The summed E-state index contributed by atoms with van der Waals surface area (Å²) in [6.07, 6.45) is 23.0. The fourth-order valence-corrected chi connectivity index (χ4v) is 17.7. The van der Waals surface area contributed by atoms with E-state index in [1.54, 1.807) is 12.2 Å². The van der Waals surface area contributed by atoms with Crippen LogP contribution >= 0.6 is 0 Å². The van der Waals surface area contributed by atoms with Gasteiger partial charge in [0.15, 0.2) is 23.5 Å². The van der Waals surface area contributed by atoms with Crippen molar-refractivity contribution in [3.8, 4) is 0 Å². The number of epoxide rings is 1. The number of hydrogen-bond donors (Lipinski definition) is 1. The molecule has 8 fully saturated rings. The highest BCUT2D eigenvalue weighted by Gasteiger charge is 2.76. The number of Topliss-reactive ketones (excluding diaryl/α,β-unsaturated/α-hetero) is 1. The summed E-state index contributed by atoms with van der Waals surface area (Å²) in [4.78, 5) is 40.4. The molecular weight excluding hydrogens is 805 g/mol. The number of aliphatic hydroxyl groups is 1. The van der Waals surface area contributed by atoms with E-state index in [0.717, 1.165) is 74.2 Å². The number of rotatable bonds is 13. The van der Waals surface area contributed by atoms with Crippen LogP contribution in [0, 0.1) is 69.0 Å². The van der Waals surface area contributed by atoms with Crippen molar-refractivity contribution in [1.29, 1.82) is 0 Å². The lowest BCUT2D eigenvalue weighted by molar-refractivity contribution is -0.201. The van der Waals surface area contributed by atoms with Crippen molar-refractivity contribution in [2.24, 2.45) is 69.0 Å². The average molecular weight is 885 g/mol. The van der Waals surface area contributed by atoms with E-state index in [2.05, 4.69) is 61.5 Å². The van der Waals surface area contributed by atoms with Gasteiger partial charge in [0.1, 0.15) is 12.7 Å². The second-order valence-electron chi connectivity index (χ2n) is 24.5. The Kier molecular flexibility index (Phi) is 11.6. The SMILES string of the molecule is CCCC1OC2CC3C4CCC5=CC(=O)C=CC5(C)C4C(O)CC3(C)C2(C(=O)COCCC(=O)OC2CCC3(C)C(=CCC4C3CCC3(C)C(C(C)CCC5OC5(C)C)CCC43)C2)O1. The summed E-state index contributed by atoms with van der Waals surface area (Å²) < 4.78 is 31.6. The summed E-state index contributed by atoms with van der Waals surface area (Å²) in [5, 5.41) is 12.1. The van der Waals surface area contributed by atoms with Crippen molar-refractivity contribution in [2.45, 2.75) is 206 Å². The zero-order valence-corrected chi connectivity index (χ0v) is 40.5. The summed E-state index contributed by atoms with van der Waals surface area (Å²) in [5.41, 5.74) is 1.03. The van der Waals surface area contributed by atoms with E-state index in [9.17, 15) is 19.5 Å². The van der Waals surface area contributed by atoms with Crippen molar-refractivity contribution in [3.05, 3.63) is 35.5 Å². The number of ketones is 2. The van der Waals surface area contributed by atoms with Crippen LogP contribution in [-0.4, -0.2) is 77.8 Å². The molecule has 6 saturated carbocycles. The van der Waals surface area contributed by atoms with Gasteiger partial charge in [-0.1, -0.05) is 71.3 Å². The third kappa shape index (κ3) is 7.01. The van der Waals surface area contributed by atoms with Crippen molar-refractivity contribution in [1.82, 2.24) is 0 Å². The van der Waals surface area contributed by atoms with Crippen LogP contribution in [0.4, 0.5) is 0 Å². The maximum absolute atomic E-state index is 14.7. The summed E-state index contributed by atoms with van der Waals surface area (Å²) >= 11 is 0. The number of carbonyl (C=O) groups is 3. The van der Waals surface area contributed by atoms with Crippen molar-refractivity contribution in [2.75, 3.05) is 13.2 Å². The fourth-order valence-electron chi connectivity index (χ4n) is 17.7. The van der Waals surface area contributed by atoms with E-state index >= 15 is 0 Å². The maximum atomic E-state index is 14.7. The first-order valence-corrected chi connectivity index (χ1v) is 26.0. The molecule has 0 radical (unpaired) electrons. The molecule has 9 nitrogen and oxygen atoms in total. The van der Waals surface area contributed by atoms with Gasteiger partial charge in [-0.05, 0) is 168 Å². The van der Waals surface area contributed by atoms with E-state index in [-0.39, 0.29) is 72.0 Å². The van der Waals surface area contributed by atoms with Gasteiger partial charge < -0.3 is 28.8 Å². The van der Waals surface area contributed by atoms with Crippen LogP contribution in [0.2, 0.25) is 0 Å². The van der Waals surface area contributed by atoms with Gasteiger partial charge in [0, 0.05) is 23.2 Å². The smallest absolute Gasteiger partial charge is 0.308 e. The Balaban J connectivity index is 0.738. The molecule has 0 aromatic carbocycles. The van der Waals surface area contributed by atoms with Gasteiger partial charge in [-0.25, -0.2) is 0 Å². The molecule has 0 aromatic rings. The molecule has 10 rings (SSSR count). The average Bonchev–Trinajstić information content (AvgIpc) is 3.47. The van der Waals surface area contributed by atoms with Crippen LogP contribution in [0.5, 0.6) is 0 Å². The topological polar surface area (TPSA) is 121 Å². The van der Waals surface area contributed by atoms with Crippen LogP contribution in [0.15, 0.2) is 35.5 Å². The molecule has 0 spiro atoms. The minimum atomic E-state index is -1.24. The zero-order chi connectivity index (χ0) is 45.2. The number of fused-ring (bicyclic) bond motifs is 12. The Morgan fingerprint density at radius 2 is 1.73 bits per heavy atom. The second-order valence-corrected chi connectivity index (χ2v) is 24.5. The van der Waals surface area contributed by atoms with Gasteiger partial charge >= 0.3 is 5.97 Å². The second kappa shape index (κ2) is 16.2. The molecule has 0 bridgehead atoms. The molecule has 1 N–H and O–H groups in total. The number of carbonyl (C=O) groups excluding carboxylic acids is 3. The maximum Gasteiger partial charge on any atom is 0.308 e. The lowest BCUT2D eigenvalue weighted by atomic mass is 9.46. The Hall–Kier alpha value is -2.17. The molecule has 2 heterocycles. The van der Waals surface area contributed by atoms with E-state index in [4.69, 9.17) is 23.7 Å². The summed E-state index contributed by atoms with van der Waals surface area (Å²) in [7, 11) is 0. The van der Waals surface area contributed by atoms with E-state index in [1.165, 1.54) is 44.1 Å². The molecule has 18 atom stereocenters. The van der Waals surface area contributed by atoms with Crippen molar-refractivity contribution in [3.63, 3.8) is 0 Å². The molecule has 9 heteroatoms. The number of ether oxygens (including phenoxy) is 5. The van der Waals surface area contributed by atoms with Crippen LogP contribution in [-0.2, 0) is 38.1 Å². The van der Waals surface area contributed by atoms with Crippen LogP contribution in [0.3, 0.4) is 0 Å². The molecule has 64 heavy (non-hydrogen) atoms. The summed E-state index contributed by atoms with van der Waals surface area (Å²) in [6.45, 7) is 18.5. The monoisotopic (exact) mass is 885 g/mol. The highest BCUT2D eigenvalue weighted by Crippen LogP contribution is 2.71. The molecule has 10 aliphatic rings. The Labute approximate surface area is 383 Å². The minimum Gasteiger partial charge on any atom is -0.462 e. The third-order valence-corrected chi connectivity index (χ3v) is 21.1. The van der Waals surface area contributed by atoms with E-state index < -0.39 is 34.9 Å². The fraction of sp³-hybridized carbons (Fsp3) is 0.836. The van der Waals surface area contributed by atoms with Crippen molar-refractivity contribution >= 4 is 17.5 Å². The van der Waals surface area contributed by atoms with Crippen LogP contribution in [0.25, 0.3) is 0 Å². The first-order valence-electron chi connectivity index (χ1n) is 26.0. The Morgan fingerprint density at radius 1 is 0.938 bits per heavy atom. The predicted octanol–water partition coefficient (Wildman–Crippen LogP) is 10.2. The number of hydrogen-bond acceptors (Lipinski definition) is 9. The normalized spacial score (nSPS) is 48.6. The van der Waals surface area contributed by atoms with Crippen molar-refractivity contribution < 1.29 is 43.2 Å². The summed E-state index contributed by atoms with van der Waals surface area (Å²) in [5.74, 6) is 3.62. The van der Waals surface area contributed by atoms with Crippen LogP contribution < -0.4 is 0 Å². The molecule has 2 saturated heterocycles. The first-order chi connectivity index (χ1) is 30.4. The molecule has 0 aromatic heterocycles. The molecule has 354 valence electrons. The van der Waals surface area contributed by atoms with E-state index in [0.29, 0.717) is 36.7 Å². The van der Waals surface area contributed by atoms with Crippen LogP contribution in [0.1, 0.15) is 165 Å². The molecule has 8 aliphatic carbocycles. The molecule has 2 aliphatic heterocycles. The number of allylic oxidation sites excluding steroid dienone is 5. The van der Waals surface area contributed by atoms with Gasteiger partial charge in [-0.2, -0.15) is 0 Å². The highest BCUT2D eigenvalue weighted by molar-refractivity contribution is 6.01. The third-order valence-electron chi connectivity index (χ3n) is 21.1. The lowest BCUT2D eigenvalue weighted by Crippen LogP contribution is -2.63.